The summed E-state index contributed by atoms with van der Waals surface area (Å²) >= 11 is 0. The van der Waals surface area contributed by atoms with E-state index < -0.39 is 0 Å². The molecule has 1 N–H and O–H groups in total. The first-order chi connectivity index (χ1) is 11.7. The Hall–Kier alpha value is -2.56. The fourth-order valence-electron chi connectivity index (χ4n) is 3.50. The molecule has 0 atom stereocenters. The number of anilines is 2. The molecule has 124 valence electrons. The first-order valence-electron chi connectivity index (χ1n) is 8.37. The molecular formula is C19H20FN3O. The van der Waals surface area contributed by atoms with Crippen LogP contribution >= 0.6 is 0 Å². The predicted octanol–water partition coefficient (Wildman–Crippen LogP) is 3.49. The van der Waals surface area contributed by atoms with Crippen molar-refractivity contribution in [1.82, 2.24) is 4.90 Å². The van der Waals surface area contributed by atoms with E-state index in [0.717, 1.165) is 32.5 Å². The SMILES string of the molecule is O=C(Nc1ccc(F)cc1)N1CC(N2CCCc3ccccc32)C1. The summed E-state index contributed by atoms with van der Waals surface area (Å²) < 4.78 is 12.9. The summed E-state index contributed by atoms with van der Waals surface area (Å²) in [6, 6.07) is 14.6. The molecule has 0 radical (unpaired) electrons. The minimum Gasteiger partial charge on any atom is -0.365 e. The number of fused-ring (bicyclic) bond motifs is 1. The summed E-state index contributed by atoms with van der Waals surface area (Å²) in [5, 5.41) is 2.82. The van der Waals surface area contributed by atoms with Gasteiger partial charge in [-0.2, -0.15) is 0 Å². The normalized spacial score (nSPS) is 17.2. The summed E-state index contributed by atoms with van der Waals surface area (Å²) in [4.78, 5) is 16.5. The molecule has 4 rings (SSSR count). The second-order valence-corrected chi connectivity index (χ2v) is 6.42. The Labute approximate surface area is 140 Å². The quantitative estimate of drug-likeness (QED) is 0.917. The van der Waals surface area contributed by atoms with Gasteiger partial charge in [0.25, 0.3) is 0 Å². The van der Waals surface area contributed by atoms with Crippen molar-refractivity contribution < 1.29 is 9.18 Å². The Kier molecular flexibility index (Phi) is 3.84. The number of carbonyl (C=O) groups is 1. The minimum atomic E-state index is -0.305. The predicted molar refractivity (Wildman–Crippen MR) is 92.9 cm³/mol. The number of urea groups is 1. The Balaban J connectivity index is 1.37. The topological polar surface area (TPSA) is 35.6 Å². The summed E-state index contributed by atoms with van der Waals surface area (Å²) in [7, 11) is 0. The number of halogens is 1. The van der Waals surface area contributed by atoms with Gasteiger partial charge in [0.1, 0.15) is 5.82 Å². The van der Waals surface area contributed by atoms with E-state index in [1.54, 1.807) is 17.0 Å². The van der Waals surface area contributed by atoms with E-state index in [9.17, 15) is 9.18 Å². The third-order valence-electron chi connectivity index (χ3n) is 4.83. The minimum absolute atomic E-state index is 0.122. The zero-order chi connectivity index (χ0) is 16.5. The van der Waals surface area contributed by atoms with E-state index in [1.807, 2.05) is 0 Å². The summed E-state index contributed by atoms with van der Waals surface area (Å²) in [6.45, 7) is 2.50. The smallest absolute Gasteiger partial charge is 0.321 e. The molecule has 1 saturated heterocycles. The lowest BCUT2D eigenvalue weighted by Gasteiger charge is -2.48. The van der Waals surface area contributed by atoms with Crippen LogP contribution in [-0.4, -0.2) is 36.6 Å². The molecule has 2 aromatic rings. The zero-order valence-electron chi connectivity index (χ0n) is 13.4. The van der Waals surface area contributed by atoms with Gasteiger partial charge in [0.15, 0.2) is 0 Å². The number of amides is 2. The van der Waals surface area contributed by atoms with Gasteiger partial charge in [-0.3, -0.25) is 0 Å². The number of hydrogen-bond acceptors (Lipinski definition) is 2. The van der Waals surface area contributed by atoms with E-state index in [2.05, 4.69) is 34.5 Å². The first-order valence-corrected chi connectivity index (χ1v) is 8.37. The third-order valence-corrected chi connectivity index (χ3v) is 4.83. The highest BCUT2D eigenvalue weighted by Gasteiger charge is 2.36. The summed E-state index contributed by atoms with van der Waals surface area (Å²) in [5.74, 6) is -0.305. The van der Waals surface area contributed by atoms with Crippen LogP contribution in [0.15, 0.2) is 48.5 Å². The van der Waals surface area contributed by atoms with Crippen molar-refractivity contribution in [3.63, 3.8) is 0 Å². The van der Waals surface area contributed by atoms with Crippen molar-refractivity contribution in [3.8, 4) is 0 Å². The molecule has 0 aliphatic carbocycles. The highest BCUT2D eigenvalue weighted by atomic mass is 19.1. The van der Waals surface area contributed by atoms with Gasteiger partial charge >= 0.3 is 6.03 Å². The van der Waals surface area contributed by atoms with Gasteiger partial charge in [0, 0.05) is 31.0 Å². The molecule has 2 heterocycles. The van der Waals surface area contributed by atoms with E-state index in [4.69, 9.17) is 0 Å². The number of nitrogens with zero attached hydrogens (tertiary/aromatic N) is 2. The lowest BCUT2D eigenvalue weighted by Crippen LogP contribution is -2.62. The molecule has 1 fully saturated rings. The summed E-state index contributed by atoms with van der Waals surface area (Å²) in [5.41, 5.74) is 3.33. The third kappa shape index (κ3) is 2.82. The Morgan fingerprint density at radius 3 is 2.62 bits per heavy atom. The molecule has 2 aliphatic rings. The summed E-state index contributed by atoms with van der Waals surface area (Å²) in [6.07, 6.45) is 2.30. The molecule has 5 heteroatoms. The zero-order valence-corrected chi connectivity index (χ0v) is 13.4. The molecule has 24 heavy (non-hydrogen) atoms. The lowest BCUT2D eigenvalue weighted by atomic mass is 9.97. The van der Waals surface area contributed by atoms with E-state index in [0.29, 0.717) is 11.7 Å². The molecule has 0 saturated carbocycles. The average Bonchev–Trinajstić information content (AvgIpc) is 2.56. The van der Waals surface area contributed by atoms with Gasteiger partial charge in [0.05, 0.1) is 6.04 Å². The number of para-hydroxylation sites is 1. The van der Waals surface area contributed by atoms with Crippen LogP contribution in [0.25, 0.3) is 0 Å². The Morgan fingerprint density at radius 2 is 1.83 bits per heavy atom. The molecular weight excluding hydrogens is 305 g/mol. The van der Waals surface area contributed by atoms with Crippen molar-refractivity contribution in [3.05, 3.63) is 59.9 Å². The number of hydrogen-bond donors (Lipinski definition) is 1. The molecule has 0 bridgehead atoms. The van der Waals surface area contributed by atoms with Crippen LogP contribution in [-0.2, 0) is 6.42 Å². The molecule has 2 aliphatic heterocycles. The van der Waals surface area contributed by atoms with Crippen LogP contribution in [0.5, 0.6) is 0 Å². The highest BCUT2D eigenvalue weighted by Crippen LogP contribution is 2.31. The van der Waals surface area contributed by atoms with E-state index in [-0.39, 0.29) is 11.8 Å². The average molecular weight is 325 g/mol. The molecule has 2 aromatic carbocycles. The number of carbonyl (C=O) groups excluding carboxylic acids is 1. The number of rotatable bonds is 2. The van der Waals surface area contributed by atoms with Crippen molar-refractivity contribution >= 4 is 17.4 Å². The number of nitrogens with one attached hydrogen (secondary N) is 1. The van der Waals surface area contributed by atoms with Crippen molar-refractivity contribution in [1.29, 1.82) is 0 Å². The maximum Gasteiger partial charge on any atom is 0.321 e. The fourth-order valence-corrected chi connectivity index (χ4v) is 3.50. The molecule has 2 amide bonds. The van der Waals surface area contributed by atoms with Gasteiger partial charge < -0.3 is 15.1 Å². The van der Waals surface area contributed by atoms with Gasteiger partial charge in [-0.25, -0.2) is 9.18 Å². The highest BCUT2D eigenvalue weighted by molar-refractivity contribution is 5.90. The van der Waals surface area contributed by atoms with Crippen molar-refractivity contribution in [2.45, 2.75) is 18.9 Å². The lowest BCUT2D eigenvalue weighted by molar-refractivity contribution is 0.160. The monoisotopic (exact) mass is 325 g/mol. The van der Waals surface area contributed by atoms with Crippen molar-refractivity contribution in [2.24, 2.45) is 0 Å². The maximum absolute atomic E-state index is 12.9. The first kappa shape index (κ1) is 15.0. The maximum atomic E-state index is 12.9. The van der Waals surface area contributed by atoms with Crippen LogP contribution in [0.2, 0.25) is 0 Å². The van der Waals surface area contributed by atoms with E-state index >= 15 is 0 Å². The van der Waals surface area contributed by atoms with Crippen LogP contribution in [0.4, 0.5) is 20.6 Å². The second kappa shape index (κ2) is 6.15. The molecule has 4 nitrogen and oxygen atoms in total. The van der Waals surface area contributed by atoms with Crippen LogP contribution in [0.3, 0.4) is 0 Å². The Morgan fingerprint density at radius 1 is 1.08 bits per heavy atom. The Bertz CT molecular complexity index is 741. The van der Waals surface area contributed by atoms with Crippen LogP contribution in [0.1, 0.15) is 12.0 Å². The standard InChI is InChI=1S/C19H20FN3O/c20-15-7-9-16(10-8-15)21-19(24)22-12-17(13-22)23-11-3-5-14-4-1-2-6-18(14)23/h1-2,4,6-10,17H,3,5,11-13H2,(H,21,24). The number of benzene rings is 2. The number of aryl methyl sites for hydroxylation is 1. The largest absolute Gasteiger partial charge is 0.365 e. The second-order valence-electron chi connectivity index (χ2n) is 6.42. The van der Waals surface area contributed by atoms with Gasteiger partial charge in [-0.1, -0.05) is 18.2 Å². The fraction of sp³-hybridized carbons (Fsp3) is 0.316. The van der Waals surface area contributed by atoms with E-state index in [1.165, 1.54) is 23.4 Å². The van der Waals surface area contributed by atoms with Gasteiger partial charge in [-0.05, 0) is 48.7 Å². The molecule has 0 aromatic heterocycles. The van der Waals surface area contributed by atoms with Crippen molar-refractivity contribution in [2.75, 3.05) is 29.9 Å². The molecule has 0 spiro atoms. The molecule has 0 unspecified atom stereocenters. The van der Waals surface area contributed by atoms with Crippen LogP contribution in [0, 0.1) is 5.82 Å². The van der Waals surface area contributed by atoms with Crippen LogP contribution < -0.4 is 10.2 Å². The van der Waals surface area contributed by atoms with Gasteiger partial charge in [-0.15, -0.1) is 0 Å². The van der Waals surface area contributed by atoms with Gasteiger partial charge in [0.2, 0.25) is 0 Å². The number of likely N-dealkylation sites (tertiary alicyclic amines) is 1.